The first-order valence-electron chi connectivity index (χ1n) is 6.61. The van der Waals surface area contributed by atoms with Crippen LogP contribution in [0.25, 0.3) is 0 Å². The average molecular weight is 267 g/mol. The Labute approximate surface area is 113 Å². The van der Waals surface area contributed by atoms with E-state index < -0.39 is 11.1 Å². The largest absolute Gasteiger partial charge is 0.488 e. The van der Waals surface area contributed by atoms with Gasteiger partial charge >= 0.3 is 0 Å². The molecule has 0 saturated heterocycles. The van der Waals surface area contributed by atoms with Crippen molar-refractivity contribution in [3.8, 4) is 5.75 Å². The molecule has 0 radical (unpaired) electrons. The maximum absolute atomic E-state index is 13.1. The van der Waals surface area contributed by atoms with Gasteiger partial charge in [0, 0.05) is 24.1 Å². The summed E-state index contributed by atoms with van der Waals surface area (Å²) in [5.41, 5.74) is -0.339. The van der Waals surface area contributed by atoms with Gasteiger partial charge in [0.15, 0.2) is 0 Å². The Kier molecular flexibility index (Phi) is 3.58. The zero-order valence-electron chi connectivity index (χ0n) is 12.0. The van der Waals surface area contributed by atoms with Gasteiger partial charge in [0.2, 0.25) is 0 Å². The molecule has 4 heteroatoms. The third-order valence-corrected chi connectivity index (χ3v) is 4.06. The van der Waals surface area contributed by atoms with Gasteiger partial charge in [-0.2, -0.15) is 0 Å². The van der Waals surface area contributed by atoms with Gasteiger partial charge in [-0.1, -0.05) is 0 Å². The van der Waals surface area contributed by atoms with Crippen molar-refractivity contribution in [2.24, 2.45) is 0 Å². The van der Waals surface area contributed by atoms with E-state index in [4.69, 9.17) is 4.74 Å². The monoisotopic (exact) mass is 267 g/mol. The lowest BCUT2D eigenvalue weighted by Gasteiger charge is -2.38. The highest BCUT2D eigenvalue weighted by Gasteiger charge is 2.35. The molecule has 0 aromatic heterocycles. The third kappa shape index (κ3) is 3.07. The van der Waals surface area contributed by atoms with Crippen LogP contribution >= 0.6 is 0 Å². The molecule has 1 heterocycles. The lowest BCUT2D eigenvalue weighted by molar-refractivity contribution is -0.00789. The summed E-state index contributed by atoms with van der Waals surface area (Å²) in [4.78, 5) is 0. The molecule has 1 aliphatic heterocycles. The summed E-state index contributed by atoms with van der Waals surface area (Å²) in [6, 6.07) is 4.61. The molecule has 19 heavy (non-hydrogen) atoms. The average Bonchev–Trinajstić information content (AvgIpc) is 2.67. The van der Waals surface area contributed by atoms with E-state index >= 15 is 0 Å². The van der Waals surface area contributed by atoms with Crippen molar-refractivity contribution >= 4 is 0 Å². The van der Waals surface area contributed by atoms with Crippen LogP contribution < -0.4 is 10.1 Å². The fourth-order valence-electron chi connectivity index (χ4n) is 1.99. The van der Waals surface area contributed by atoms with Gasteiger partial charge in [-0.15, -0.1) is 0 Å². The molecule has 2 N–H and O–H groups in total. The van der Waals surface area contributed by atoms with E-state index in [0.717, 1.165) is 11.3 Å². The maximum atomic E-state index is 13.1. The van der Waals surface area contributed by atoms with Gasteiger partial charge in [0.05, 0.1) is 5.60 Å². The van der Waals surface area contributed by atoms with Crippen molar-refractivity contribution in [2.75, 3.05) is 6.54 Å². The zero-order valence-corrected chi connectivity index (χ0v) is 12.0. The Morgan fingerprint density at radius 2 is 2.05 bits per heavy atom. The molecule has 3 nitrogen and oxygen atoms in total. The van der Waals surface area contributed by atoms with Crippen LogP contribution in [0.1, 0.15) is 33.3 Å². The number of hydrogen-bond donors (Lipinski definition) is 2. The number of fused-ring (bicyclic) bond motifs is 1. The van der Waals surface area contributed by atoms with Gasteiger partial charge in [-0.3, -0.25) is 0 Å². The number of ether oxygens (including phenoxy) is 1. The summed E-state index contributed by atoms with van der Waals surface area (Å²) in [6.07, 6.45) is 0.681. The molecule has 106 valence electrons. The predicted octanol–water partition coefficient (Wildman–Crippen LogP) is 2.27. The quantitative estimate of drug-likeness (QED) is 0.879. The molecule has 0 saturated carbocycles. The highest BCUT2D eigenvalue weighted by Crippen LogP contribution is 2.29. The molecule has 0 bridgehead atoms. The highest BCUT2D eigenvalue weighted by molar-refractivity contribution is 5.37. The number of nitrogens with one attached hydrogen (secondary N) is 1. The summed E-state index contributed by atoms with van der Waals surface area (Å²) in [5, 5.41) is 13.4. The Morgan fingerprint density at radius 1 is 1.37 bits per heavy atom. The topological polar surface area (TPSA) is 41.5 Å². The number of benzene rings is 1. The lowest BCUT2D eigenvalue weighted by Crippen LogP contribution is -2.57. The van der Waals surface area contributed by atoms with Crippen LogP contribution in [0.5, 0.6) is 5.75 Å². The standard InChI is InChI=1S/C15H22FNO2/c1-14(2,15(3,4)18)17-9-12-8-10-7-11(16)5-6-13(10)19-12/h5-7,12,17-18H,8-9H2,1-4H3. The Balaban J connectivity index is 1.94. The van der Waals surface area contributed by atoms with Crippen LogP contribution in [0.4, 0.5) is 4.39 Å². The molecule has 1 aromatic carbocycles. The molecule has 1 aliphatic rings. The second kappa shape index (κ2) is 4.76. The van der Waals surface area contributed by atoms with E-state index in [1.807, 2.05) is 13.8 Å². The molecule has 0 spiro atoms. The smallest absolute Gasteiger partial charge is 0.123 e. The van der Waals surface area contributed by atoms with Crippen LogP contribution in [0.15, 0.2) is 18.2 Å². The van der Waals surface area contributed by atoms with Crippen molar-refractivity contribution in [1.29, 1.82) is 0 Å². The fraction of sp³-hybridized carbons (Fsp3) is 0.600. The van der Waals surface area contributed by atoms with E-state index in [0.29, 0.717) is 13.0 Å². The SMILES string of the molecule is CC(C)(O)C(C)(C)NCC1Cc2cc(F)ccc2O1. The summed E-state index contributed by atoms with van der Waals surface area (Å²) in [6.45, 7) is 8.08. The van der Waals surface area contributed by atoms with Crippen molar-refractivity contribution in [1.82, 2.24) is 5.32 Å². The maximum Gasteiger partial charge on any atom is 0.123 e. The summed E-state index contributed by atoms with van der Waals surface area (Å²) < 4.78 is 18.9. The van der Waals surface area contributed by atoms with Crippen molar-refractivity contribution in [3.63, 3.8) is 0 Å². The number of aliphatic hydroxyl groups is 1. The molecule has 0 amide bonds. The highest BCUT2D eigenvalue weighted by atomic mass is 19.1. The first-order valence-corrected chi connectivity index (χ1v) is 6.61. The molecule has 1 aromatic rings. The van der Waals surface area contributed by atoms with Gasteiger partial charge in [-0.05, 0) is 45.9 Å². The minimum Gasteiger partial charge on any atom is -0.488 e. The van der Waals surface area contributed by atoms with E-state index in [2.05, 4.69) is 5.32 Å². The molecule has 1 unspecified atom stereocenters. The molecule has 0 fully saturated rings. The normalized spacial score (nSPS) is 19.2. The second-order valence-electron chi connectivity index (χ2n) is 6.26. The van der Waals surface area contributed by atoms with E-state index in [1.54, 1.807) is 19.9 Å². The molecule has 1 atom stereocenters. The first kappa shape index (κ1) is 14.3. The van der Waals surface area contributed by atoms with Crippen molar-refractivity contribution in [2.45, 2.75) is 51.4 Å². The first-order chi connectivity index (χ1) is 8.69. The van der Waals surface area contributed by atoms with Gasteiger partial charge < -0.3 is 15.2 Å². The predicted molar refractivity (Wildman–Crippen MR) is 72.9 cm³/mol. The van der Waals surface area contributed by atoms with Crippen LogP contribution in [-0.2, 0) is 6.42 Å². The minimum absolute atomic E-state index is 0.0153. The van der Waals surface area contributed by atoms with E-state index in [-0.39, 0.29) is 11.9 Å². The Morgan fingerprint density at radius 3 is 2.68 bits per heavy atom. The second-order valence-corrected chi connectivity index (χ2v) is 6.26. The van der Waals surface area contributed by atoms with Crippen LogP contribution in [0, 0.1) is 5.82 Å². The Bertz CT molecular complexity index is 466. The van der Waals surface area contributed by atoms with Crippen molar-refractivity contribution < 1.29 is 14.2 Å². The summed E-state index contributed by atoms with van der Waals surface area (Å²) >= 11 is 0. The number of hydrogen-bond acceptors (Lipinski definition) is 3. The zero-order chi connectivity index (χ0) is 14.3. The Hall–Kier alpha value is -1.13. The molecular weight excluding hydrogens is 245 g/mol. The fourth-order valence-corrected chi connectivity index (χ4v) is 1.99. The van der Waals surface area contributed by atoms with E-state index in [1.165, 1.54) is 12.1 Å². The number of halogens is 1. The van der Waals surface area contributed by atoms with Crippen LogP contribution in [-0.4, -0.2) is 28.9 Å². The third-order valence-electron chi connectivity index (χ3n) is 4.06. The molecule has 2 rings (SSSR count). The number of rotatable bonds is 4. The van der Waals surface area contributed by atoms with Gasteiger partial charge in [-0.25, -0.2) is 4.39 Å². The molecule has 0 aliphatic carbocycles. The summed E-state index contributed by atoms with van der Waals surface area (Å²) in [5.74, 6) is 0.530. The van der Waals surface area contributed by atoms with Gasteiger partial charge in [0.25, 0.3) is 0 Å². The lowest BCUT2D eigenvalue weighted by atomic mass is 9.86. The van der Waals surface area contributed by atoms with Gasteiger partial charge in [0.1, 0.15) is 17.7 Å². The van der Waals surface area contributed by atoms with Crippen molar-refractivity contribution in [3.05, 3.63) is 29.6 Å². The van der Waals surface area contributed by atoms with Crippen LogP contribution in [0.2, 0.25) is 0 Å². The van der Waals surface area contributed by atoms with Crippen LogP contribution in [0.3, 0.4) is 0 Å². The molecular formula is C15H22FNO2. The summed E-state index contributed by atoms with van der Waals surface area (Å²) in [7, 11) is 0. The minimum atomic E-state index is -0.829. The van der Waals surface area contributed by atoms with E-state index in [9.17, 15) is 9.50 Å².